The van der Waals surface area contributed by atoms with Gasteiger partial charge in [0.1, 0.15) is 23.0 Å². The average Bonchev–Trinajstić information content (AvgIpc) is 2.84. The molecule has 0 spiro atoms. The van der Waals surface area contributed by atoms with Crippen molar-refractivity contribution in [2.45, 2.75) is 11.8 Å². The summed E-state index contributed by atoms with van der Waals surface area (Å²) in [6.45, 7) is 0. The van der Waals surface area contributed by atoms with Crippen LogP contribution in [0.15, 0.2) is 97.1 Å². The summed E-state index contributed by atoms with van der Waals surface area (Å²) in [6, 6.07) is 26.4. The molecule has 1 aliphatic rings. The van der Waals surface area contributed by atoms with Crippen LogP contribution in [0.4, 0.5) is 0 Å². The van der Waals surface area contributed by atoms with Gasteiger partial charge in [-0.15, -0.1) is 0 Å². The minimum atomic E-state index is -0.839. The van der Waals surface area contributed by atoms with Crippen LogP contribution in [0.1, 0.15) is 43.7 Å². The molecule has 0 unspecified atom stereocenters. The van der Waals surface area contributed by atoms with Gasteiger partial charge in [-0.3, -0.25) is 9.59 Å². The number of carbonyl (C=O) groups is 2. The number of hydrogen-bond acceptors (Lipinski definition) is 6. The van der Waals surface area contributed by atoms with Gasteiger partial charge in [0.05, 0.1) is 11.1 Å². The number of benzene rings is 4. The maximum Gasteiger partial charge on any atom is 0.171 e. The van der Waals surface area contributed by atoms with Crippen molar-refractivity contribution in [1.29, 1.82) is 0 Å². The van der Waals surface area contributed by atoms with Crippen LogP contribution in [0.25, 0.3) is 0 Å². The molecule has 36 heavy (non-hydrogen) atoms. The van der Waals surface area contributed by atoms with Crippen LogP contribution in [-0.2, 0) is 0 Å². The quantitative estimate of drug-likeness (QED) is 0.275. The van der Waals surface area contributed by atoms with Gasteiger partial charge in [0.2, 0.25) is 0 Å². The van der Waals surface area contributed by atoms with Crippen LogP contribution < -0.4 is 0 Å². The summed E-state index contributed by atoms with van der Waals surface area (Å²) < 4.78 is 0. The molecule has 5 rings (SSSR count). The van der Waals surface area contributed by atoms with Crippen LogP contribution in [0.2, 0.25) is 0 Å². The summed E-state index contributed by atoms with van der Waals surface area (Å²) >= 11 is 0. The van der Waals surface area contributed by atoms with Gasteiger partial charge in [0.15, 0.2) is 11.6 Å². The standard InChI is InChI=1S/C30H24O6/c31-19-11-13-21(23(33)15-19)29(35)27-25(17-7-3-1-4-8-17)26(18-9-5-2-6-10-18)28(27)30(36)22-14-12-20(32)16-24(22)34/h1-16,25-28,31-34H/t25-,26-,27+,28+/m1/s1. The second-order valence-electron chi connectivity index (χ2n) is 9.06. The second-order valence-corrected chi connectivity index (χ2v) is 9.06. The predicted octanol–water partition coefficient (Wildman–Crippen LogP) is 5.39. The highest BCUT2D eigenvalue weighted by Gasteiger charge is 2.58. The predicted molar refractivity (Wildman–Crippen MR) is 134 cm³/mol. The molecule has 0 saturated heterocycles. The van der Waals surface area contributed by atoms with Crippen molar-refractivity contribution in [2.75, 3.05) is 0 Å². The molecule has 0 amide bonds. The van der Waals surface area contributed by atoms with Crippen LogP contribution in [0.3, 0.4) is 0 Å². The molecule has 4 N–H and O–H groups in total. The van der Waals surface area contributed by atoms with Crippen LogP contribution in [0, 0.1) is 11.8 Å². The number of rotatable bonds is 6. The van der Waals surface area contributed by atoms with E-state index in [2.05, 4.69) is 0 Å². The molecule has 1 aliphatic carbocycles. The maximum atomic E-state index is 13.9. The Labute approximate surface area is 207 Å². The van der Waals surface area contributed by atoms with Crippen molar-refractivity contribution in [3.8, 4) is 23.0 Å². The van der Waals surface area contributed by atoms with Crippen molar-refractivity contribution in [3.63, 3.8) is 0 Å². The second kappa shape index (κ2) is 9.23. The van der Waals surface area contributed by atoms with Crippen molar-refractivity contribution < 1.29 is 30.0 Å². The zero-order valence-corrected chi connectivity index (χ0v) is 19.2. The molecule has 180 valence electrons. The first-order valence-corrected chi connectivity index (χ1v) is 11.6. The molecular weight excluding hydrogens is 456 g/mol. The molecule has 0 bridgehead atoms. The third-order valence-electron chi connectivity index (χ3n) is 7.02. The fourth-order valence-electron chi connectivity index (χ4n) is 5.40. The highest BCUT2D eigenvalue weighted by Crippen LogP contribution is 2.60. The summed E-state index contributed by atoms with van der Waals surface area (Å²) in [5, 5.41) is 40.3. The van der Waals surface area contributed by atoms with E-state index in [0.29, 0.717) is 0 Å². The van der Waals surface area contributed by atoms with Crippen LogP contribution in [-0.4, -0.2) is 32.0 Å². The minimum Gasteiger partial charge on any atom is -0.508 e. The van der Waals surface area contributed by atoms with Gasteiger partial charge in [-0.2, -0.15) is 0 Å². The zero-order valence-electron chi connectivity index (χ0n) is 19.2. The molecule has 0 radical (unpaired) electrons. The average molecular weight is 481 g/mol. The first-order valence-electron chi connectivity index (χ1n) is 11.6. The van der Waals surface area contributed by atoms with E-state index < -0.39 is 23.4 Å². The number of phenols is 4. The fraction of sp³-hybridized carbons (Fsp3) is 0.133. The Balaban J connectivity index is 1.67. The number of Topliss-reactive ketones (excluding diaryl/α,β-unsaturated/α-hetero) is 2. The Bertz CT molecular complexity index is 1320. The van der Waals surface area contributed by atoms with E-state index in [9.17, 15) is 30.0 Å². The number of phenolic OH excluding ortho intramolecular Hbond substituents is 4. The molecule has 1 saturated carbocycles. The van der Waals surface area contributed by atoms with E-state index in [0.717, 1.165) is 23.3 Å². The lowest BCUT2D eigenvalue weighted by Crippen LogP contribution is -2.51. The Hall–Kier alpha value is -4.58. The SMILES string of the molecule is O=C(c1ccc(O)cc1O)[C@@H]1[C@@H](C(=O)c2ccc(O)cc2O)[C@H](c2ccccc2)[C@H]1c1ccccc1. The summed E-state index contributed by atoms with van der Waals surface area (Å²) in [5.41, 5.74) is 1.78. The Morgan fingerprint density at radius 2 is 0.861 bits per heavy atom. The topological polar surface area (TPSA) is 115 Å². The van der Waals surface area contributed by atoms with E-state index in [1.807, 2.05) is 60.7 Å². The highest BCUT2D eigenvalue weighted by atomic mass is 16.3. The smallest absolute Gasteiger partial charge is 0.171 e. The minimum absolute atomic E-state index is 0.0120. The lowest BCUT2D eigenvalue weighted by Gasteiger charge is -2.51. The van der Waals surface area contributed by atoms with Crippen LogP contribution >= 0.6 is 0 Å². The zero-order chi connectivity index (χ0) is 25.4. The van der Waals surface area contributed by atoms with E-state index in [4.69, 9.17) is 0 Å². The van der Waals surface area contributed by atoms with Gasteiger partial charge in [-0.05, 0) is 35.4 Å². The third-order valence-corrected chi connectivity index (χ3v) is 7.02. The van der Waals surface area contributed by atoms with Gasteiger partial charge >= 0.3 is 0 Å². The van der Waals surface area contributed by atoms with E-state index in [1.54, 1.807) is 0 Å². The third kappa shape index (κ3) is 3.96. The van der Waals surface area contributed by atoms with Gasteiger partial charge in [-0.1, -0.05) is 60.7 Å². The number of aromatic hydroxyl groups is 4. The molecule has 0 heterocycles. The molecule has 6 nitrogen and oxygen atoms in total. The highest BCUT2D eigenvalue weighted by molar-refractivity contribution is 6.09. The molecule has 4 aromatic rings. The van der Waals surface area contributed by atoms with Gasteiger partial charge in [0.25, 0.3) is 0 Å². The maximum absolute atomic E-state index is 13.9. The Morgan fingerprint density at radius 3 is 1.19 bits per heavy atom. The molecule has 6 heteroatoms. The Morgan fingerprint density at radius 1 is 0.500 bits per heavy atom. The molecule has 4 atom stereocenters. The van der Waals surface area contributed by atoms with Gasteiger partial charge < -0.3 is 20.4 Å². The number of ketones is 2. The van der Waals surface area contributed by atoms with Crippen molar-refractivity contribution in [2.24, 2.45) is 11.8 Å². The van der Waals surface area contributed by atoms with Gasteiger partial charge in [-0.25, -0.2) is 0 Å². The van der Waals surface area contributed by atoms with E-state index in [1.165, 1.54) is 24.3 Å². The number of hydrogen-bond donors (Lipinski definition) is 4. The normalized spacial score (nSPS) is 20.9. The molecular formula is C30H24O6. The van der Waals surface area contributed by atoms with Crippen molar-refractivity contribution >= 4 is 11.6 Å². The largest absolute Gasteiger partial charge is 0.508 e. The molecule has 0 aliphatic heterocycles. The summed E-state index contributed by atoms with van der Waals surface area (Å²) in [5.74, 6) is -4.37. The monoisotopic (exact) mass is 480 g/mol. The summed E-state index contributed by atoms with van der Waals surface area (Å²) in [4.78, 5) is 27.8. The summed E-state index contributed by atoms with van der Waals surface area (Å²) in [7, 11) is 0. The first kappa shape index (κ1) is 23.2. The lowest BCUT2D eigenvalue weighted by molar-refractivity contribution is 0.0452. The number of carbonyl (C=O) groups excluding carboxylic acids is 2. The van der Waals surface area contributed by atoms with Crippen molar-refractivity contribution in [3.05, 3.63) is 119 Å². The molecule has 1 fully saturated rings. The fourth-order valence-corrected chi connectivity index (χ4v) is 5.40. The van der Waals surface area contributed by atoms with E-state index in [-0.39, 0.29) is 46.0 Å². The summed E-state index contributed by atoms with van der Waals surface area (Å²) in [6.07, 6.45) is 0. The first-order chi connectivity index (χ1) is 17.4. The molecule has 0 aromatic heterocycles. The Kier molecular flexibility index (Phi) is 5.94. The van der Waals surface area contributed by atoms with Gasteiger partial charge in [0, 0.05) is 35.8 Å². The molecule has 4 aromatic carbocycles. The van der Waals surface area contributed by atoms with E-state index >= 15 is 0 Å². The lowest BCUT2D eigenvalue weighted by atomic mass is 9.49. The van der Waals surface area contributed by atoms with Crippen LogP contribution in [0.5, 0.6) is 23.0 Å². The van der Waals surface area contributed by atoms with Crippen molar-refractivity contribution in [1.82, 2.24) is 0 Å².